The lowest BCUT2D eigenvalue weighted by Gasteiger charge is -2.32. The van der Waals surface area contributed by atoms with Gasteiger partial charge in [-0.3, -0.25) is 9.78 Å². The first kappa shape index (κ1) is 21.0. The molecule has 13 heteroatoms. The molecule has 1 amide bonds. The van der Waals surface area contributed by atoms with E-state index in [9.17, 15) is 18.0 Å². The lowest BCUT2D eigenvalue weighted by molar-refractivity contribution is -0.137. The summed E-state index contributed by atoms with van der Waals surface area (Å²) in [4.78, 5) is 26.4. The summed E-state index contributed by atoms with van der Waals surface area (Å²) < 4.78 is 46.4. The predicted octanol–water partition coefficient (Wildman–Crippen LogP) is 3.31. The summed E-state index contributed by atoms with van der Waals surface area (Å²) in [5, 5.41) is 12.2. The fourth-order valence-corrected chi connectivity index (χ4v) is 4.15. The van der Waals surface area contributed by atoms with Crippen LogP contribution in [0.25, 0.3) is 17.1 Å². The van der Waals surface area contributed by atoms with Crippen molar-refractivity contribution in [3.05, 3.63) is 83.7 Å². The first-order valence-corrected chi connectivity index (χ1v) is 10.5. The van der Waals surface area contributed by atoms with Crippen LogP contribution in [0.15, 0.2) is 59.5 Å². The summed E-state index contributed by atoms with van der Waals surface area (Å²) in [5.41, 5.74) is 1.87. The maximum absolute atomic E-state index is 13.5. The van der Waals surface area contributed by atoms with Crippen LogP contribution in [-0.4, -0.2) is 52.1 Å². The molecular weight excluding hydrogens is 465 g/mol. The van der Waals surface area contributed by atoms with Crippen LogP contribution in [0.2, 0.25) is 0 Å². The van der Waals surface area contributed by atoms with Crippen LogP contribution >= 0.6 is 0 Å². The molecule has 0 bridgehead atoms. The molecule has 0 spiro atoms. The Kier molecular flexibility index (Phi) is 4.65. The molecule has 1 N–H and O–H groups in total. The van der Waals surface area contributed by atoms with Crippen molar-refractivity contribution < 1.29 is 22.4 Å². The van der Waals surface area contributed by atoms with Crippen molar-refractivity contribution in [1.82, 2.24) is 39.7 Å². The fourth-order valence-electron chi connectivity index (χ4n) is 4.15. The highest BCUT2D eigenvalue weighted by molar-refractivity contribution is 5.90. The van der Waals surface area contributed by atoms with Crippen molar-refractivity contribution in [1.29, 1.82) is 0 Å². The van der Waals surface area contributed by atoms with Gasteiger partial charge in [-0.1, -0.05) is 6.07 Å². The molecule has 0 aliphatic carbocycles. The highest BCUT2D eigenvalue weighted by atomic mass is 19.4. The van der Waals surface area contributed by atoms with E-state index in [1.54, 1.807) is 17.0 Å². The van der Waals surface area contributed by atoms with Crippen LogP contribution in [0, 0.1) is 0 Å². The van der Waals surface area contributed by atoms with Gasteiger partial charge in [0.25, 0.3) is 5.89 Å². The van der Waals surface area contributed by atoms with E-state index in [0.29, 0.717) is 24.4 Å². The molecule has 6 rings (SSSR count). The molecule has 0 saturated carbocycles. The average Bonchev–Trinajstić information content (AvgIpc) is 3.61. The van der Waals surface area contributed by atoms with Crippen molar-refractivity contribution >= 4 is 11.4 Å². The normalized spacial score (nSPS) is 16.0. The predicted molar refractivity (Wildman–Crippen MR) is 113 cm³/mol. The van der Waals surface area contributed by atoms with Gasteiger partial charge in [0.2, 0.25) is 0 Å². The minimum absolute atomic E-state index is 0.184. The first-order valence-electron chi connectivity index (χ1n) is 10.5. The molecule has 176 valence electrons. The van der Waals surface area contributed by atoms with Gasteiger partial charge in [0.1, 0.15) is 11.7 Å². The van der Waals surface area contributed by atoms with E-state index in [4.69, 9.17) is 4.42 Å². The smallest absolute Gasteiger partial charge is 0.411 e. The topological polar surface area (TPSA) is 118 Å². The number of carbonyl (C=O) groups excluding carboxylic acids is 1. The molecule has 1 atom stereocenters. The Morgan fingerprint density at radius 2 is 2.03 bits per heavy atom. The van der Waals surface area contributed by atoms with Crippen molar-refractivity contribution in [3.63, 3.8) is 0 Å². The van der Waals surface area contributed by atoms with E-state index < -0.39 is 23.7 Å². The zero-order chi connectivity index (χ0) is 24.2. The van der Waals surface area contributed by atoms with Crippen molar-refractivity contribution in [2.75, 3.05) is 6.54 Å². The van der Waals surface area contributed by atoms with E-state index in [2.05, 4.69) is 30.2 Å². The molecule has 1 aliphatic heterocycles. The number of aromatic nitrogens is 7. The number of carbonyl (C=O) groups is 1. The lowest BCUT2D eigenvalue weighted by atomic mass is 9.99. The minimum Gasteiger partial charge on any atom is -0.411 e. The van der Waals surface area contributed by atoms with Gasteiger partial charge < -0.3 is 14.3 Å². The molecule has 0 aromatic carbocycles. The Balaban J connectivity index is 1.36. The first-order chi connectivity index (χ1) is 16.9. The monoisotopic (exact) mass is 480 g/mol. The molecule has 0 fully saturated rings. The van der Waals surface area contributed by atoms with E-state index in [-0.39, 0.29) is 17.5 Å². The van der Waals surface area contributed by atoms with Gasteiger partial charge in [0.15, 0.2) is 0 Å². The number of hydrogen-bond donors (Lipinski definition) is 1. The number of fused-ring (bicyclic) bond motifs is 2. The molecule has 0 radical (unpaired) electrons. The number of pyridine rings is 2. The van der Waals surface area contributed by atoms with Gasteiger partial charge in [0, 0.05) is 31.1 Å². The second-order valence-corrected chi connectivity index (χ2v) is 7.90. The summed E-state index contributed by atoms with van der Waals surface area (Å²) in [6.45, 7) is 0.312. The van der Waals surface area contributed by atoms with Gasteiger partial charge >= 0.3 is 18.0 Å². The fraction of sp³-hybridized carbons (Fsp3) is 0.182. The quantitative estimate of drug-likeness (QED) is 0.421. The molecule has 6 heterocycles. The molecule has 1 aliphatic rings. The largest absolute Gasteiger partial charge is 0.416 e. The molecule has 10 nitrogen and oxygen atoms in total. The number of H-pyrrole nitrogens is 1. The number of hydrogen-bond acceptors (Lipinski definition) is 7. The molecule has 5 aromatic heterocycles. The zero-order valence-corrected chi connectivity index (χ0v) is 17.8. The van der Waals surface area contributed by atoms with Gasteiger partial charge in [0.05, 0.1) is 28.8 Å². The Hall–Kier alpha value is -4.55. The van der Waals surface area contributed by atoms with Crippen molar-refractivity contribution in [2.45, 2.75) is 18.6 Å². The Morgan fingerprint density at radius 1 is 1.14 bits per heavy atom. The van der Waals surface area contributed by atoms with E-state index >= 15 is 0 Å². The summed E-state index contributed by atoms with van der Waals surface area (Å²) in [7, 11) is 0. The van der Waals surface area contributed by atoms with E-state index in [1.165, 1.54) is 4.90 Å². The second-order valence-electron chi connectivity index (χ2n) is 7.90. The number of rotatable bonds is 3. The summed E-state index contributed by atoms with van der Waals surface area (Å²) >= 11 is 0. The highest BCUT2D eigenvalue weighted by Crippen LogP contribution is 2.35. The third-order valence-electron chi connectivity index (χ3n) is 5.77. The van der Waals surface area contributed by atoms with Crippen LogP contribution < -0.4 is 0 Å². The maximum atomic E-state index is 13.5. The Labute approximate surface area is 194 Å². The van der Waals surface area contributed by atoms with Crippen LogP contribution in [0.1, 0.15) is 39.4 Å². The lowest BCUT2D eigenvalue weighted by Crippen LogP contribution is -2.41. The maximum Gasteiger partial charge on any atom is 0.416 e. The number of aromatic amines is 1. The number of halogens is 3. The van der Waals surface area contributed by atoms with Crippen molar-refractivity contribution in [2.24, 2.45) is 0 Å². The highest BCUT2D eigenvalue weighted by Gasteiger charge is 2.38. The molecule has 5 aromatic rings. The molecule has 0 saturated heterocycles. The summed E-state index contributed by atoms with van der Waals surface area (Å²) in [5.74, 6) is -1.25. The summed E-state index contributed by atoms with van der Waals surface area (Å²) in [6, 6.07) is 8.48. The minimum atomic E-state index is -4.56. The van der Waals surface area contributed by atoms with Gasteiger partial charge in [-0.15, -0.1) is 10.2 Å². The standard InChI is InChI=1S/C22H15F3N8O2/c23-22(24,25)12-4-6-26-16(9-12)19-29-30-20(35-19)21(34)32-8-5-14-17(28-11-27-14)18(32)15-10-13-3-1-2-7-33(13)31-15/h1-4,6-7,9-11,18H,5,8H2,(H,27,28). The van der Waals surface area contributed by atoms with Gasteiger partial charge in [-0.2, -0.15) is 18.3 Å². The Morgan fingerprint density at radius 3 is 2.86 bits per heavy atom. The van der Waals surface area contributed by atoms with Crippen molar-refractivity contribution in [3.8, 4) is 11.6 Å². The van der Waals surface area contributed by atoms with Crippen LogP contribution in [0.4, 0.5) is 13.2 Å². The molecule has 1 unspecified atom stereocenters. The zero-order valence-electron chi connectivity index (χ0n) is 17.8. The van der Waals surface area contributed by atoms with Crippen LogP contribution in [-0.2, 0) is 12.6 Å². The molecule has 35 heavy (non-hydrogen) atoms. The average molecular weight is 480 g/mol. The third kappa shape index (κ3) is 3.61. The number of amides is 1. The van der Waals surface area contributed by atoms with Crippen LogP contribution in [0.5, 0.6) is 0 Å². The Bertz CT molecular complexity index is 1520. The van der Waals surface area contributed by atoms with E-state index in [1.807, 2.05) is 24.3 Å². The van der Waals surface area contributed by atoms with E-state index in [0.717, 1.165) is 29.5 Å². The second kappa shape index (κ2) is 7.75. The number of nitrogens with one attached hydrogen (secondary N) is 1. The number of alkyl halides is 3. The number of nitrogens with zero attached hydrogens (tertiary/aromatic N) is 7. The van der Waals surface area contributed by atoms with Gasteiger partial charge in [-0.25, -0.2) is 9.50 Å². The molecular formula is C22H15F3N8O2. The van der Waals surface area contributed by atoms with Gasteiger partial charge in [-0.05, 0) is 30.3 Å². The van der Waals surface area contributed by atoms with Crippen LogP contribution in [0.3, 0.4) is 0 Å². The third-order valence-corrected chi connectivity index (χ3v) is 5.77. The summed E-state index contributed by atoms with van der Waals surface area (Å²) in [6.07, 6.45) is 0.304. The number of imidazole rings is 1. The SMILES string of the molecule is O=C(c1nnc(-c2cc(C(F)(F)F)ccn2)o1)N1CCc2[nH]cnc2C1c1cc2ccccn2n1.